The van der Waals surface area contributed by atoms with E-state index in [4.69, 9.17) is 11.6 Å². The molecule has 3 aromatic carbocycles. The molecule has 1 atom stereocenters. The van der Waals surface area contributed by atoms with Crippen molar-refractivity contribution < 1.29 is 9.50 Å². The van der Waals surface area contributed by atoms with Crippen molar-refractivity contribution in [3.8, 4) is 0 Å². The van der Waals surface area contributed by atoms with Crippen LogP contribution in [0.5, 0.6) is 0 Å². The van der Waals surface area contributed by atoms with E-state index in [1.807, 2.05) is 44.2 Å². The topological polar surface area (TPSA) is 39.1 Å². The van der Waals surface area contributed by atoms with Gasteiger partial charge >= 0.3 is 0 Å². The molecule has 1 saturated heterocycles. The first kappa shape index (κ1) is 22.7. The van der Waals surface area contributed by atoms with Crippen LogP contribution in [-0.2, 0) is 6.42 Å². The molecular weight excluding hydrogens is 449 g/mol. The summed E-state index contributed by atoms with van der Waals surface area (Å²) >= 11 is 6.71. The fourth-order valence-corrected chi connectivity index (χ4v) is 5.49. The molecule has 2 aliphatic rings. The van der Waals surface area contributed by atoms with Gasteiger partial charge in [0.15, 0.2) is 5.88 Å². The SMILES string of the molecule is CC1=NC(C)N(c2ccc(N3CCC(Cc4ccc5cc(F)ccc5c4)CC3)c(Cl)c2)C(O)=C1. The van der Waals surface area contributed by atoms with E-state index in [1.165, 1.54) is 11.6 Å². The smallest absolute Gasteiger partial charge is 0.194 e. The lowest BCUT2D eigenvalue weighted by atomic mass is 9.89. The summed E-state index contributed by atoms with van der Waals surface area (Å²) in [5.74, 6) is 0.606. The van der Waals surface area contributed by atoms with Crippen molar-refractivity contribution in [3.63, 3.8) is 0 Å². The van der Waals surface area contributed by atoms with Gasteiger partial charge in [0.05, 0.1) is 10.7 Å². The van der Waals surface area contributed by atoms with Crippen LogP contribution in [-0.4, -0.2) is 30.1 Å². The van der Waals surface area contributed by atoms with Gasteiger partial charge in [0.2, 0.25) is 0 Å². The largest absolute Gasteiger partial charge is 0.494 e. The van der Waals surface area contributed by atoms with E-state index < -0.39 is 0 Å². The fourth-order valence-electron chi connectivity index (χ4n) is 5.19. The molecule has 0 bridgehead atoms. The predicted molar refractivity (Wildman–Crippen MR) is 140 cm³/mol. The number of benzene rings is 3. The Morgan fingerprint density at radius 1 is 1.03 bits per heavy atom. The molecule has 6 heteroatoms. The highest BCUT2D eigenvalue weighted by Gasteiger charge is 2.25. The zero-order valence-electron chi connectivity index (χ0n) is 19.5. The summed E-state index contributed by atoms with van der Waals surface area (Å²) in [5.41, 5.74) is 3.98. The van der Waals surface area contributed by atoms with E-state index in [0.717, 1.165) is 60.2 Å². The lowest BCUT2D eigenvalue weighted by molar-refractivity contribution is 0.376. The zero-order valence-corrected chi connectivity index (χ0v) is 20.3. The molecule has 5 rings (SSSR count). The lowest BCUT2D eigenvalue weighted by Gasteiger charge is -2.35. The molecule has 0 amide bonds. The van der Waals surface area contributed by atoms with Gasteiger partial charge in [0.1, 0.15) is 12.0 Å². The van der Waals surface area contributed by atoms with Crippen LogP contribution < -0.4 is 9.80 Å². The lowest BCUT2D eigenvalue weighted by Crippen LogP contribution is -2.35. The first-order valence-electron chi connectivity index (χ1n) is 11.8. The molecule has 1 unspecified atom stereocenters. The zero-order chi connectivity index (χ0) is 23.8. The third-order valence-corrected chi connectivity index (χ3v) is 7.21. The molecule has 0 radical (unpaired) electrons. The van der Waals surface area contributed by atoms with E-state index in [1.54, 1.807) is 17.0 Å². The summed E-state index contributed by atoms with van der Waals surface area (Å²) in [4.78, 5) is 8.67. The maximum atomic E-state index is 13.4. The Kier molecular flexibility index (Phi) is 6.22. The number of aliphatic hydroxyl groups excluding tert-OH is 1. The van der Waals surface area contributed by atoms with Crippen LogP contribution in [0.15, 0.2) is 71.5 Å². The number of anilines is 2. The van der Waals surface area contributed by atoms with Crippen LogP contribution in [0.25, 0.3) is 10.8 Å². The number of allylic oxidation sites excluding steroid dienone is 1. The van der Waals surface area contributed by atoms with Crippen LogP contribution in [0.3, 0.4) is 0 Å². The van der Waals surface area contributed by atoms with E-state index in [-0.39, 0.29) is 17.9 Å². The molecule has 3 aromatic rings. The van der Waals surface area contributed by atoms with Gasteiger partial charge in [-0.2, -0.15) is 0 Å². The van der Waals surface area contributed by atoms with Crippen molar-refractivity contribution >= 4 is 39.5 Å². The molecule has 1 fully saturated rings. The molecule has 0 spiro atoms. The molecule has 0 aromatic heterocycles. The molecule has 4 nitrogen and oxygen atoms in total. The Bertz CT molecular complexity index is 1280. The maximum Gasteiger partial charge on any atom is 0.194 e. The highest BCUT2D eigenvalue weighted by Crippen LogP contribution is 2.35. The fraction of sp³-hybridized carbons (Fsp3) is 0.321. The first-order chi connectivity index (χ1) is 16.4. The predicted octanol–water partition coefficient (Wildman–Crippen LogP) is 7.12. The number of aliphatic hydroxyl groups is 1. The quantitative estimate of drug-likeness (QED) is 0.435. The standard InChI is InChI=1S/C28H29ClFN3O/c1-18-13-28(34)33(19(2)31-18)25-7-8-27(26(29)17-25)32-11-9-20(10-12-32)14-21-3-4-23-16-24(30)6-5-22(23)15-21/h3-8,13,15-17,19-20,34H,9-12,14H2,1-2H3. The van der Waals surface area contributed by atoms with E-state index in [0.29, 0.717) is 10.9 Å². The number of halogens is 2. The molecule has 176 valence electrons. The van der Waals surface area contributed by atoms with Crippen molar-refractivity contribution in [2.45, 2.75) is 39.3 Å². The molecule has 0 saturated carbocycles. The van der Waals surface area contributed by atoms with Gasteiger partial charge in [-0.15, -0.1) is 0 Å². The van der Waals surface area contributed by atoms with Crippen molar-refractivity contribution in [2.24, 2.45) is 10.9 Å². The minimum absolute atomic E-state index is 0.184. The highest BCUT2D eigenvalue weighted by molar-refractivity contribution is 6.33. The number of nitrogens with zero attached hydrogens (tertiary/aromatic N) is 3. The molecule has 2 aliphatic heterocycles. The molecule has 1 N–H and O–H groups in total. The first-order valence-corrected chi connectivity index (χ1v) is 12.2. The molecule has 0 aliphatic carbocycles. The van der Waals surface area contributed by atoms with Gasteiger partial charge in [-0.25, -0.2) is 4.39 Å². The Labute approximate surface area is 205 Å². The van der Waals surface area contributed by atoms with Crippen LogP contribution in [0, 0.1) is 11.7 Å². The average Bonchev–Trinajstić information content (AvgIpc) is 2.79. The van der Waals surface area contributed by atoms with Crippen LogP contribution in [0.2, 0.25) is 5.02 Å². The maximum absolute atomic E-state index is 13.4. The van der Waals surface area contributed by atoms with E-state index in [9.17, 15) is 9.50 Å². The van der Waals surface area contributed by atoms with Gasteiger partial charge in [-0.3, -0.25) is 9.89 Å². The van der Waals surface area contributed by atoms with Gasteiger partial charge < -0.3 is 10.0 Å². The highest BCUT2D eigenvalue weighted by atomic mass is 35.5. The van der Waals surface area contributed by atoms with Gasteiger partial charge in [-0.05, 0) is 85.7 Å². The number of piperidine rings is 1. The van der Waals surface area contributed by atoms with Gasteiger partial charge in [0.25, 0.3) is 0 Å². The van der Waals surface area contributed by atoms with Crippen LogP contribution >= 0.6 is 11.6 Å². The van der Waals surface area contributed by atoms with Crippen molar-refractivity contribution in [1.82, 2.24) is 0 Å². The molecule has 2 heterocycles. The number of hydrogen-bond acceptors (Lipinski definition) is 4. The van der Waals surface area contributed by atoms with Crippen LogP contribution in [0.4, 0.5) is 15.8 Å². The summed E-state index contributed by atoms with van der Waals surface area (Å²) in [5, 5.41) is 13.1. The normalized spacial score (nSPS) is 19.4. The molecule has 34 heavy (non-hydrogen) atoms. The van der Waals surface area contributed by atoms with Crippen molar-refractivity contribution in [3.05, 3.63) is 83.0 Å². The van der Waals surface area contributed by atoms with Crippen LogP contribution in [0.1, 0.15) is 32.3 Å². The third kappa shape index (κ3) is 4.62. The minimum Gasteiger partial charge on any atom is -0.494 e. The Hall–Kier alpha value is -3.05. The Balaban J connectivity index is 1.23. The summed E-state index contributed by atoms with van der Waals surface area (Å²) < 4.78 is 13.4. The van der Waals surface area contributed by atoms with Crippen molar-refractivity contribution in [1.29, 1.82) is 0 Å². The number of fused-ring (bicyclic) bond motifs is 1. The monoisotopic (exact) mass is 477 g/mol. The number of hydrogen-bond donors (Lipinski definition) is 1. The second kappa shape index (κ2) is 9.30. The number of rotatable bonds is 4. The number of aliphatic imine (C=N–C) groups is 1. The van der Waals surface area contributed by atoms with Gasteiger partial charge in [0, 0.05) is 30.6 Å². The molecular formula is C28H29ClFN3O. The second-order valence-electron chi connectivity index (χ2n) is 9.37. The summed E-state index contributed by atoms with van der Waals surface area (Å²) in [6.45, 7) is 5.74. The summed E-state index contributed by atoms with van der Waals surface area (Å²) in [7, 11) is 0. The average molecular weight is 478 g/mol. The minimum atomic E-state index is -0.193. The Morgan fingerprint density at radius 2 is 1.76 bits per heavy atom. The summed E-state index contributed by atoms with van der Waals surface area (Å²) in [6.07, 6.45) is 4.71. The van der Waals surface area contributed by atoms with E-state index >= 15 is 0 Å². The Morgan fingerprint density at radius 3 is 2.50 bits per heavy atom. The van der Waals surface area contributed by atoms with Crippen molar-refractivity contribution in [2.75, 3.05) is 22.9 Å². The van der Waals surface area contributed by atoms with E-state index in [2.05, 4.69) is 22.0 Å². The third-order valence-electron chi connectivity index (χ3n) is 6.90. The van der Waals surface area contributed by atoms with Gasteiger partial charge in [-0.1, -0.05) is 35.9 Å². The summed E-state index contributed by atoms with van der Waals surface area (Å²) in [6, 6.07) is 17.3. The second-order valence-corrected chi connectivity index (χ2v) is 9.78.